The third kappa shape index (κ3) is 6.58. The van der Waals surface area contributed by atoms with Crippen LogP contribution in [-0.4, -0.2) is 67.1 Å². The Morgan fingerprint density at radius 3 is 2.70 bits per heavy atom. The summed E-state index contributed by atoms with van der Waals surface area (Å²) in [5, 5.41) is 8.99. The highest BCUT2D eigenvalue weighted by atomic mass is 16.2. The Balaban J connectivity index is 1.45. The molecule has 3 N–H and O–H groups in total. The number of carbonyl (C=O) groups excluding carboxylic acids is 2. The molecule has 2 unspecified atom stereocenters. The molecule has 0 radical (unpaired) electrons. The molecule has 1 aliphatic heterocycles. The van der Waals surface area contributed by atoms with Crippen molar-refractivity contribution in [2.45, 2.75) is 58.2 Å². The minimum absolute atomic E-state index is 0.0159. The second kappa shape index (κ2) is 10.6. The summed E-state index contributed by atoms with van der Waals surface area (Å²) in [7, 11) is 2.13. The van der Waals surface area contributed by atoms with Crippen LogP contribution in [0.25, 0.3) is 0 Å². The van der Waals surface area contributed by atoms with Gasteiger partial charge in [-0.3, -0.25) is 4.79 Å². The first kappa shape index (κ1) is 22.3. The maximum atomic E-state index is 12.4. The van der Waals surface area contributed by atoms with Crippen LogP contribution >= 0.6 is 0 Å². The molecule has 166 valence electrons. The topological polar surface area (TPSA) is 89.6 Å². The lowest BCUT2D eigenvalue weighted by Crippen LogP contribution is -2.46. The first-order chi connectivity index (χ1) is 14.4. The van der Waals surface area contributed by atoms with Crippen LogP contribution in [0.4, 0.5) is 10.6 Å². The zero-order valence-corrected chi connectivity index (χ0v) is 18.5. The van der Waals surface area contributed by atoms with Crippen molar-refractivity contribution in [2.75, 3.05) is 38.1 Å². The molecule has 1 aliphatic carbocycles. The Hall–Kier alpha value is -2.35. The number of piperazine rings is 1. The average molecular weight is 417 g/mol. The van der Waals surface area contributed by atoms with Crippen molar-refractivity contribution in [2.24, 2.45) is 5.92 Å². The molecule has 2 heterocycles. The minimum Gasteiger partial charge on any atom is -0.354 e. The van der Waals surface area contributed by atoms with Gasteiger partial charge in [-0.2, -0.15) is 0 Å². The van der Waals surface area contributed by atoms with Crippen LogP contribution in [0.3, 0.4) is 0 Å². The summed E-state index contributed by atoms with van der Waals surface area (Å²) in [4.78, 5) is 33.8. The smallest absolute Gasteiger partial charge is 0.315 e. The Morgan fingerprint density at radius 2 is 1.97 bits per heavy atom. The van der Waals surface area contributed by atoms with Gasteiger partial charge in [0.25, 0.3) is 0 Å². The first-order valence-electron chi connectivity index (χ1n) is 11.1. The summed E-state index contributed by atoms with van der Waals surface area (Å²) in [6.45, 7) is 8.39. The second-order valence-corrected chi connectivity index (χ2v) is 8.86. The van der Waals surface area contributed by atoms with E-state index in [1.807, 2.05) is 26.1 Å². The lowest BCUT2D eigenvalue weighted by Gasteiger charge is -2.33. The molecule has 1 saturated carbocycles. The van der Waals surface area contributed by atoms with Gasteiger partial charge >= 0.3 is 6.03 Å². The number of urea groups is 1. The van der Waals surface area contributed by atoms with E-state index >= 15 is 0 Å². The van der Waals surface area contributed by atoms with Gasteiger partial charge in [-0.1, -0.05) is 6.42 Å². The zero-order chi connectivity index (χ0) is 21.5. The van der Waals surface area contributed by atoms with Crippen molar-refractivity contribution < 1.29 is 9.59 Å². The molecule has 30 heavy (non-hydrogen) atoms. The van der Waals surface area contributed by atoms with Crippen LogP contribution < -0.4 is 20.9 Å². The Morgan fingerprint density at radius 1 is 1.20 bits per heavy atom. The summed E-state index contributed by atoms with van der Waals surface area (Å²) in [6.07, 6.45) is 5.28. The van der Waals surface area contributed by atoms with E-state index in [0.29, 0.717) is 13.0 Å². The number of pyridine rings is 1. The summed E-state index contributed by atoms with van der Waals surface area (Å²) < 4.78 is 0. The Labute approximate surface area is 179 Å². The van der Waals surface area contributed by atoms with Crippen LogP contribution in [-0.2, 0) is 11.3 Å². The molecule has 2 atom stereocenters. The number of rotatable bonds is 6. The maximum Gasteiger partial charge on any atom is 0.315 e. The van der Waals surface area contributed by atoms with Crippen LogP contribution in [0, 0.1) is 5.92 Å². The number of nitrogens with zero attached hydrogens (tertiary/aromatic N) is 3. The fraction of sp³-hybridized carbons (Fsp3) is 0.682. The maximum absolute atomic E-state index is 12.4. The zero-order valence-electron chi connectivity index (χ0n) is 18.5. The van der Waals surface area contributed by atoms with E-state index in [0.717, 1.165) is 56.8 Å². The lowest BCUT2D eigenvalue weighted by molar-refractivity contribution is -0.126. The Bertz CT molecular complexity index is 717. The summed E-state index contributed by atoms with van der Waals surface area (Å²) in [6, 6.07) is 4.00. The van der Waals surface area contributed by atoms with E-state index in [4.69, 9.17) is 0 Å². The fourth-order valence-electron chi connectivity index (χ4n) is 4.16. The molecule has 1 saturated heterocycles. The van der Waals surface area contributed by atoms with Crippen molar-refractivity contribution in [1.82, 2.24) is 25.8 Å². The van der Waals surface area contributed by atoms with E-state index < -0.39 is 0 Å². The monoisotopic (exact) mass is 416 g/mol. The highest BCUT2D eigenvalue weighted by Gasteiger charge is 2.28. The molecule has 2 aliphatic rings. The van der Waals surface area contributed by atoms with Gasteiger partial charge in [-0.05, 0) is 57.9 Å². The summed E-state index contributed by atoms with van der Waals surface area (Å²) in [5.74, 6) is 1.05. The SMILES string of the molecule is CC(C)NC(=O)C1CCCC(NC(=O)NCc2ccnc(N3CCN(C)CC3)c2)C1. The van der Waals surface area contributed by atoms with Crippen LogP contribution in [0.15, 0.2) is 18.3 Å². The number of aromatic nitrogens is 1. The molecular weight excluding hydrogens is 380 g/mol. The second-order valence-electron chi connectivity index (χ2n) is 8.86. The van der Waals surface area contributed by atoms with Gasteiger partial charge in [0, 0.05) is 56.9 Å². The molecule has 3 amide bonds. The number of likely N-dealkylation sites (N-methyl/N-ethyl adjacent to an activating group) is 1. The quantitative estimate of drug-likeness (QED) is 0.657. The highest BCUT2D eigenvalue weighted by molar-refractivity contribution is 5.79. The standard InChI is InChI=1S/C22H36N6O2/c1-16(2)25-21(29)18-5-4-6-19(14-18)26-22(30)24-15-17-7-8-23-20(13-17)28-11-9-27(3)10-12-28/h7-8,13,16,18-19H,4-6,9-12,14-15H2,1-3H3,(H,25,29)(H2,24,26,30). The van der Waals surface area contributed by atoms with Crippen LogP contribution in [0.2, 0.25) is 0 Å². The largest absolute Gasteiger partial charge is 0.354 e. The van der Waals surface area contributed by atoms with Gasteiger partial charge in [0.2, 0.25) is 5.91 Å². The summed E-state index contributed by atoms with van der Waals surface area (Å²) in [5.41, 5.74) is 1.03. The molecule has 0 bridgehead atoms. The van der Waals surface area contributed by atoms with E-state index in [1.54, 1.807) is 0 Å². The predicted molar refractivity (Wildman–Crippen MR) is 118 cm³/mol. The molecule has 0 spiro atoms. The molecule has 3 rings (SSSR count). The number of nitrogens with one attached hydrogen (secondary N) is 3. The molecule has 1 aromatic heterocycles. The summed E-state index contributed by atoms with van der Waals surface area (Å²) >= 11 is 0. The number of carbonyl (C=O) groups is 2. The predicted octanol–water partition coefficient (Wildman–Crippen LogP) is 1.72. The van der Waals surface area contributed by atoms with E-state index in [-0.39, 0.29) is 29.9 Å². The van der Waals surface area contributed by atoms with Crippen molar-refractivity contribution >= 4 is 17.8 Å². The third-order valence-corrected chi connectivity index (χ3v) is 5.90. The van der Waals surface area contributed by atoms with Crippen molar-refractivity contribution in [3.8, 4) is 0 Å². The van der Waals surface area contributed by atoms with Gasteiger partial charge in [0.05, 0.1) is 0 Å². The molecule has 8 heteroatoms. The lowest BCUT2D eigenvalue weighted by atomic mass is 9.85. The van der Waals surface area contributed by atoms with E-state index in [2.05, 4.69) is 43.8 Å². The normalized spacial score (nSPS) is 22.6. The van der Waals surface area contributed by atoms with Gasteiger partial charge in [-0.25, -0.2) is 9.78 Å². The number of anilines is 1. The number of amides is 3. The minimum atomic E-state index is -0.178. The van der Waals surface area contributed by atoms with Gasteiger partial charge in [-0.15, -0.1) is 0 Å². The van der Waals surface area contributed by atoms with Gasteiger partial charge in [0.1, 0.15) is 5.82 Å². The third-order valence-electron chi connectivity index (χ3n) is 5.90. The Kier molecular flexibility index (Phi) is 7.90. The molecular formula is C22H36N6O2. The molecule has 2 fully saturated rings. The van der Waals surface area contributed by atoms with Gasteiger partial charge in [0.15, 0.2) is 0 Å². The van der Waals surface area contributed by atoms with Crippen molar-refractivity contribution in [3.05, 3.63) is 23.9 Å². The van der Waals surface area contributed by atoms with E-state index in [1.165, 1.54) is 0 Å². The van der Waals surface area contributed by atoms with Crippen LogP contribution in [0.1, 0.15) is 45.1 Å². The number of hydrogen-bond donors (Lipinski definition) is 3. The van der Waals surface area contributed by atoms with Crippen molar-refractivity contribution in [3.63, 3.8) is 0 Å². The highest BCUT2D eigenvalue weighted by Crippen LogP contribution is 2.24. The van der Waals surface area contributed by atoms with Gasteiger partial charge < -0.3 is 25.8 Å². The fourth-order valence-corrected chi connectivity index (χ4v) is 4.16. The average Bonchev–Trinajstić information content (AvgIpc) is 2.73. The van der Waals surface area contributed by atoms with Crippen LogP contribution in [0.5, 0.6) is 0 Å². The number of hydrogen-bond acceptors (Lipinski definition) is 5. The molecule has 1 aromatic rings. The molecule has 0 aromatic carbocycles. The van der Waals surface area contributed by atoms with Crippen molar-refractivity contribution in [1.29, 1.82) is 0 Å². The first-order valence-corrected chi connectivity index (χ1v) is 11.1. The molecule has 8 nitrogen and oxygen atoms in total. The van der Waals surface area contributed by atoms with E-state index in [9.17, 15) is 9.59 Å².